The average molecular weight is 383 g/mol. The Labute approximate surface area is 152 Å². The van der Waals surface area contributed by atoms with Gasteiger partial charge in [-0.1, -0.05) is 18.5 Å². The summed E-state index contributed by atoms with van der Waals surface area (Å²) in [5.41, 5.74) is 7.07. The second-order valence-corrected chi connectivity index (χ2v) is 7.15. The van der Waals surface area contributed by atoms with E-state index in [1.807, 2.05) is 6.92 Å². The number of nitrogens with two attached hydrogens (primary N) is 1. The van der Waals surface area contributed by atoms with Crippen LogP contribution in [0.4, 0.5) is 14.9 Å². The Kier molecular flexibility index (Phi) is 4.66. The van der Waals surface area contributed by atoms with E-state index in [1.54, 1.807) is 7.05 Å². The molecule has 0 saturated carbocycles. The molecule has 2 aromatic rings. The number of urea groups is 1. The predicted octanol–water partition coefficient (Wildman–Crippen LogP) is 2.64. The van der Waals surface area contributed by atoms with Gasteiger partial charge < -0.3 is 16.0 Å². The molecule has 1 aliphatic heterocycles. The Morgan fingerprint density at radius 1 is 1.56 bits per heavy atom. The third-order valence-corrected chi connectivity index (χ3v) is 5.48. The molecule has 1 aromatic heterocycles. The van der Waals surface area contributed by atoms with Crippen LogP contribution in [0.15, 0.2) is 18.2 Å². The second kappa shape index (κ2) is 6.61. The van der Waals surface area contributed by atoms with Crippen LogP contribution in [-0.2, 0) is 11.2 Å². The van der Waals surface area contributed by atoms with Gasteiger partial charge in [0.2, 0.25) is 5.91 Å². The third-order valence-electron chi connectivity index (χ3n) is 4.27. The molecule has 2 atom stereocenters. The third kappa shape index (κ3) is 3.19. The van der Waals surface area contributed by atoms with Crippen molar-refractivity contribution in [3.05, 3.63) is 45.2 Å². The first kappa shape index (κ1) is 17.6. The minimum atomic E-state index is -0.750. The lowest BCUT2D eigenvalue weighted by Gasteiger charge is -2.30. The summed E-state index contributed by atoms with van der Waals surface area (Å²) >= 11 is 7.45. The van der Waals surface area contributed by atoms with Gasteiger partial charge >= 0.3 is 6.03 Å². The van der Waals surface area contributed by atoms with E-state index >= 15 is 0 Å². The van der Waals surface area contributed by atoms with Crippen molar-refractivity contribution in [3.8, 4) is 0 Å². The van der Waals surface area contributed by atoms with Gasteiger partial charge in [-0.2, -0.15) is 4.37 Å². The normalized spacial score (nSPS) is 18.0. The number of hydrogen-bond donors (Lipinski definition) is 2. The number of carbonyl (C=O) groups is 2. The molecule has 0 bridgehead atoms. The number of halogens is 2. The molecule has 1 aliphatic rings. The molecule has 3 amide bonds. The first-order chi connectivity index (χ1) is 11.8. The van der Waals surface area contributed by atoms with Gasteiger partial charge in [-0.25, -0.2) is 9.18 Å². The number of carbonyl (C=O) groups excluding carboxylic acids is 2. The smallest absolute Gasteiger partial charge is 0.312 e. The predicted molar refractivity (Wildman–Crippen MR) is 94.7 cm³/mol. The zero-order valence-electron chi connectivity index (χ0n) is 13.5. The summed E-state index contributed by atoms with van der Waals surface area (Å²) in [7, 11) is 1.62. The summed E-state index contributed by atoms with van der Waals surface area (Å²) in [6, 6.07) is 2.71. The van der Waals surface area contributed by atoms with Crippen molar-refractivity contribution in [1.29, 1.82) is 0 Å². The Morgan fingerprint density at radius 3 is 2.96 bits per heavy atom. The number of primary amides is 1. The summed E-state index contributed by atoms with van der Waals surface area (Å²) in [5.74, 6) is -0.949. The van der Waals surface area contributed by atoms with Crippen molar-refractivity contribution in [2.45, 2.75) is 25.3 Å². The van der Waals surface area contributed by atoms with Gasteiger partial charge in [0, 0.05) is 24.4 Å². The highest BCUT2D eigenvalue weighted by Gasteiger charge is 2.36. The van der Waals surface area contributed by atoms with Crippen molar-refractivity contribution in [1.82, 2.24) is 9.69 Å². The van der Waals surface area contributed by atoms with Gasteiger partial charge in [0.25, 0.3) is 0 Å². The molecule has 9 heteroatoms. The van der Waals surface area contributed by atoms with Gasteiger partial charge in [-0.3, -0.25) is 4.79 Å². The standard InChI is InChI=1S/C16H16ClFN4O2S/c1-7(9-5-8(18)3-4-10(9)17)13-14-12(25-21-13)6-11(20-16(19)24)15(23)22(14)2/h3-5,7,11H,6H2,1-2H3,(H3,19,20,24)/t7?,11-/m1/s1. The van der Waals surface area contributed by atoms with E-state index < -0.39 is 12.1 Å². The number of nitrogens with zero attached hydrogens (tertiary/aromatic N) is 2. The number of benzene rings is 1. The molecule has 2 heterocycles. The highest BCUT2D eigenvalue weighted by molar-refractivity contribution is 7.06. The van der Waals surface area contributed by atoms with E-state index in [1.165, 1.54) is 34.6 Å². The Hall–Kier alpha value is -2.19. The molecule has 1 aromatic carbocycles. The van der Waals surface area contributed by atoms with Gasteiger partial charge in [0.05, 0.1) is 16.3 Å². The number of likely N-dealkylation sites (N-methyl/N-ethyl adjacent to an activating group) is 1. The number of aromatic nitrogens is 1. The number of fused-ring (bicyclic) bond motifs is 1. The fraction of sp³-hybridized carbons (Fsp3) is 0.312. The maximum Gasteiger partial charge on any atom is 0.312 e. The summed E-state index contributed by atoms with van der Waals surface area (Å²) in [5, 5.41) is 2.88. The molecule has 0 spiro atoms. The highest BCUT2D eigenvalue weighted by Crippen LogP contribution is 2.41. The van der Waals surface area contributed by atoms with E-state index in [9.17, 15) is 14.0 Å². The fourth-order valence-electron chi connectivity index (χ4n) is 3.01. The molecule has 0 fully saturated rings. The van der Waals surface area contributed by atoms with Gasteiger partial charge in [0.1, 0.15) is 11.9 Å². The molecule has 132 valence electrons. The average Bonchev–Trinajstić information content (AvgIpc) is 2.97. The summed E-state index contributed by atoms with van der Waals surface area (Å²) < 4.78 is 18.1. The van der Waals surface area contributed by atoms with Crippen molar-refractivity contribution in [2.75, 3.05) is 11.9 Å². The summed E-state index contributed by atoms with van der Waals surface area (Å²) in [6.07, 6.45) is 0.322. The molecule has 0 radical (unpaired) electrons. The highest BCUT2D eigenvalue weighted by atomic mass is 35.5. The molecule has 0 saturated heterocycles. The van der Waals surface area contributed by atoms with Gasteiger partial charge in [-0.15, -0.1) is 0 Å². The van der Waals surface area contributed by atoms with Crippen LogP contribution in [0.5, 0.6) is 0 Å². The first-order valence-electron chi connectivity index (χ1n) is 7.56. The zero-order valence-corrected chi connectivity index (χ0v) is 15.1. The number of nitrogens with one attached hydrogen (secondary N) is 1. The largest absolute Gasteiger partial charge is 0.352 e. The van der Waals surface area contributed by atoms with Crippen LogP contribution in [-0.4, -0.2) is 29.4 Å². The Bertz CT molecular complexity index is 857. The fourth-order valence-corrected chi connectivity index (χ4v) is 4.31. The second-order valence-electron chi connectivity index (χ2n) is 5.89. The summed E-state index contributed by atoms with van der Waals surface area (Å²) in [4.78, 5) is 25.9. The van der Waals surface area contributed by atoms with Crippen molar-refractivity contribution < 1.29 is 14.0 Å². The maximum absolute atomic E-state index is 13.6. The number of rotatable bonds is 3. The number of amides is 3. The molecule has 3 N–H and O–H groups in total. The van der Waals surface area contributed by atoms with Crippen molar-refractivity contribution in [3.63, 3.8) is 0 Å². The molecule has 0 aliphatic carbocycles. The minimum Gasteiger partial charge on any atom is -0.352 e. The Morgan fingerprint density at radius 2 is 2.28 bits per heavy atom. The van der Waals surface area contributed by atoms with Gasteiger partial charge in [0.15, 0.2) is 0 Å². The van der Waals surface area contributed by atoms with Crippen LogP contribution >= 0.6 is 23.1 Å². The SMILES string of the molecule is CC(c1cc(F)ccc1Cl)c1nsc2c1N(C)C(=O)[C@H](NC(N)=O)C2. The van der Waals surface area contributed by atoms with Crippen molar-refractivity contribution in [2.24, 2.45) is 5.73 Å². The summed E-state index contributed by atoms with van der Waals surface area (Å²) in [6.45, 7) is 1.86. The lowest BCUT2D eigenvalue weighted by molar-refractivity contribution is -0.120. The van der Waals surface area contributed by atoms with Crippen LogP contribution in [0.3, 0.4) is 0 Å². The van der Waals surface area contributed by atoms with E-state index in [2.05, 4.69) is 9.69 Å². The Balaban J connectivity index is 1.99. The maximum atomic E-state index is 13.6. The van der Waals surface area contributed by atoms with Crippen LogP contribution in [0, 0.1) is 5.82 Å². The quantitative estimate of drug-likeness (QED) is 0.855. The van der Waals surface area contributed by atoms with E-state index in [0.717, 1.165) is 4.88 Å². The first-order valence-corrected chi connectivity index (χ1v) is 8.71. The van der Waals surface area contributed by atoms with E-state index in [4.69, 9.17) is 17.3 Å². The van der Waals surface area contributed by atoms with Crippen LogP contribution in [0.2, 0.25) is 5.02 Å². The molecular weight excluding hydrogens is 367 g/mol. The molecule has 3 rings (SSSR count). The van der Waals surface area contributed by atoms with Crippen LogP contribution < -0.4 is 16.0 Å². The number of anilines is 1. The lowest BCUT2D eigenvalue weighted by atomic mass is 9.93. The lowest BCUT2D eigenvalue weighted by Crippen LogP contribution is -2.52. The molecular formula is C16H16ClFN4O2S. The molecule has 25 heavy (non-hydrogen) atoms. The van der Waals surface area contributed by atoms with Crippen LogP contribution in [0.1, 0.15) is 29.0 Å². The monoisotopic (exact) mass is 382 g/mol. The number of hydrogen-bond acceptors (Lipinski definition) is 4. The van der Waals surface area contributed by atoms with E-state index in [0.29, 0.717) is 28.4 Å². The molecule has 6 nitrogen and oxygen atoms in total. The van der Waals surface area contributed by atoms with Crippen molar-refractivity contribution >= 4 is 40.8 Å². The zero-order chi connectivity index (χ0) is 18.3. The molecule has 1 unspecified atom stereocenters. The minimum absolute atomic E-state index is 0.273. The van der Waals surface area contributed by atoms with E-state index in [-0.39, 0.29) is 17.6 Å². The topological polar surface area (TPSA) is 88.3 Å². The van der Waals surface area contributed by atoms with Gasteiger partial charge in [-0.05, 0) is 35.3 Å². The van der Waals surface area contributed by atoms with Crippen LogP contribution in [0.25, 0.3) is 0 Å².